The fourth-order valence-corrected chi connectivity index (χ4v) is 1.54. The van der Waals surface area contributed by atoms with Crippen LogP contribution in [0.25, 0.3) is 5.69 Å². The molecule has 0 aliphatic heterocycles. The van der Waals surface area contributed by atoms with Crippen LogP contribution in [0, 0.1) is 0 Å². The number of halogens is 2. The Kier molecular flexibility index (Phi) is 2.30. The minimum atomic E-state index is 0.549. The topological polar surface area (TPSA) is 4.93 Å². The molecule has 0 fully saturated rings. The molecule has 0 saturated carbocycles. The molecule has 66 valence electrons. The third kappa shape index (κ3) is 1.58. The van der Waals surface area contributed by atoms with E-state index in [1.807, 2.05) is 41.1 Å². The first-order valence-electron chi connectivity index (χ1n) is 3.87. The molecule has 2 aromatic rings. The number of benzene rings is 1. The maximum atomic E-state index is 5.97. The van der Waals surface area contributed by atoms with E-state index in [1.54, 1.807) is 6.07 Å². The summed E-state index contributed by atoms with van der Waals surface area (Å²) in [6.45, 7) is 0. The third-order valence-corrected chi connectivity index (χ3v) is 2.60. The summed E-state index contributed by atoms with van der Waals surface area (Å²) >= 11 is 11.8. The largest absolute Gasteiger partial charge is 0.306 e. The van der Waals surface area contributed by atoms with E-state index < -0.39 is 0 Å². The Morgan fingerprint density at radius 3 is 2.15 bits per heavy atom. The van der Waals surface area contributed by atoms with Crippen LogP contribution < -0.4 is 0 Å². The van der Waals surface area contributed by atoms with Crippen LogP contribution in [0.15, 0.2) is 42.6 Å². The van der Waals surface area contributed by atoms with E-state index >= 15 is 0 Å². The molecule has 0 atom stereocenters. The average Bonchev–Trinajstić information content (AvgIpc) is 2.49. The second-order valence-electron chi connectivity index (χ2n) is 2.66. The molecule has 1 nitrogen and oxygen atoms in total. The van der Waals surface area contributed by atoms with E-state index in [9.17, 15) is 0 Å². The zero-order valence-corrected chi connectivity index (χ0v) is 8.26. The van der Waals surface area contributed by atoms with Crippen molar-refractivity contribution in [1.82, 2.24) is 4.57 Å². The molecule has 0 saturated heterocycles. The van der Waals surface area contributed by atoms with Crippen LogP contribution in [0.2, 0.25) is 10.2 Å². The van der Waals surface area contributed by atoms with Gasteiger partial charge in [0.15, 0.2) is 0 Å². The lowest BCUT2D eigenvalue weighted by atomic mass is 10.3. The molecular weight excluding hydrogens is 205 g/mol. The maximum Gasteiger partial charge on any atom is 0.132 e. The van der Waals surface area contributed by atoms with Crippen LogP contribution >= 0.6 is 23.2 Å². The van der Waals surface area contributed by atoms with Crippen LogP contribution in [0.5, 0.6) is 0 Å². The van der Waals surface area contributed by atoms with Crippen molar-refractivity contribution in [3.8, 4) is 5.69 Å². The minimum Gasteiger partial charge on any atom is -0.306 e. The number of hydrogen-bond donors (Lipinski definition) is 0. The summed E-state index contributed by atoms with van der Waals surface area (Å²) in [6, 6.07) is 11.6. The molecule has 0 N–H and O–H groups in total. The van der Waals surface area contributed by atoms with Crippen molar-refractivity contribution in [2.45, 2.75) is 0 Å². The van der Waals surface area contributed by atoms with Gasteiger partial charge in [-0.2, -0.15) is 0 Å². The van der Waals surface area contributed by atoms with Gasteiger partial charge in [0, 0.05) is 11.9 Å². The summed E-state index contributed by atoms with van der Waals surface area (Å²) in [4.78, 5) is 0. The molecule has 1 aromatic carbocycles. The molecule has 13 heavy (non-hydrogen) atoms. The Morgan fingerprint density at radius 1 is 0.923 bits per heavy atom. The van der Waals surface area contributed by atoms with Crippen molar-refractivity contribution in [3.05, 3.63) is 52.8 Å². The number of nitrogens with zero attached hydrogens (tertiary/aromatic N) is 1. The summed E-state index contributed by atoms with van der Waals surface area (Å²) in [5.74, 6) is 0. The molecule has 0 bridgehead atoms. The molecule has 0 spiro atoms. The molecule has 1 aromatic heterocycles. The fraction of sp³-hybridized carbons (Fsp3) is 0. The number of rotatable bonds is 1. The van der Waals surface area contributed by atoms with Crippen LogP contribution in [0.4, 0.5) is 0 Å². The molecule has 1 heterocycles. The van der Waals surface area contributed by atoms with E-state index in [-0.39, 0.29) is 0 Å². The molecule has 0 aliphatic carbocycles. The average molecular weight is 212 g/mol. The smallest absolute Gasteiger partial charge is 0.132 e. The Bertz CT molecular complexity index is 406. The van der Waals surface area contributed by atoms with Crippen LogP contribution in [0.3, 0.4) is 0 Å². The quantitative estimate of drug-likeness (QED) is 0.677. The van der Waals surface area contributed by atoms with Gasteiger partial charge >= 0.3 is 0 Å². The summed E-state index contributed by atoms with van der Waals surface area (Å²) < 4.78 is 1.84. The first-order chi connectivity index (χ1) is 6.29. The molecule has 3 heteroatoms. The van der Waals surface area contributed by atoms with Crippen LogP contribution in [-0.2, 0) is 0 Å². The zero-order chi connectivity index (χ0) is 9.26. The highest BCUT2D eigenvalue weighted by Crippen LogP contribution is 2.25. The molecule has 0 aliphatic rings. The maximum absolute atomic E-state index is 5.97. The Balaban J connectivity index is 2.53. The minimum absolute atomic E-state index is 0.549. The third-order valence-electron chi connectivity index (χ3n) is 1.81. The van der Waals surface area contributed by atoms with E-state index in [0.717, 1.165) is 5.69 Å². The SMILES string of the molecule is Clc1ccn(-c2ccccc2)c1Cl. The standard InChI is InChI=1S/C10H7Cl2N/c11-9-6-7-13(10(9)12)8-4-2-1-3-5-8/h1-7H. The van der Waals surface area contributed by atoms with Gasteiger partial charge in [0.1, 0.15) is 5.15 Å². The molecule has 0 amide bonds. The predicted octanol–water partition coefficient (Wildman–Crippen LogP) is 3.78. The summed E-state index contributed by atoms with van der Waals surface area (Å²) in [5, 5.41) is 1.12. The van der Waals surface area contributed by atoms with E-state index in [1.165, 1.54) is 0 Å². The Hall–Kier alpha value is -0.920. The molecular formula is C10H7Cl2N. The number of aromatic nitrogens is 1. The van der Waals surface area contributed by atoms with Gasteiger partial charge in [-0.05, 0) is 18.2 Å². The molecule has 0 unspecified atom stereocenters. The first kappa shape index (κ1) is 8.67. The van der Waals surface area contributed by atoms with Gasteiger partial charge in [-0.1, -0.05) is 41.4 Å². The second-order valence-corrected chi connectivity index (χ2v) is 3.43. The van der Waals surface area contributed by atoms with Crippen molar-refractivity contribution in [3.63, 3.8) is 0 Å². The van der Waals surface area contributed by atoms with Gasteiger partial charge in [-0.3, -0.25) is 0 Å². The highest BCUT2D eigenvalue weighted by atomic mass is 35.5. The van der Waals surface area contributed by atoms with Gasteiger partial charge in [0.2, 0.25) is 0 Å². The Labute approximate surface area is 86.5 Å². The van der Waals surface area contributed by atoms with Crippen molar-refractivity contribution < 1.29 is 0 Å². The van der Waals surface area contributed by atoms with Crippen LogP contribution in [-0.4, -0.2) is 4.57 Å². The second kappa shape index (κ2) is 3.44. The van der Waals surface area contributed by atoms with Crippen molar-refractivity contribution in [2.75, 3.05) is 0 Å². The first-order valence-corrected chi connectivity index (χ1v) is 4.62. The van der Waals surface area contributed by atoms with Gasteiger partial charge < -0.3 is 4.57 Å². The lowest BCUT2D eigenvalue weighted by molar-refractivity contribution is 1.08. The van der Waals surface area contributed by atoms with Crippen molar-refractivity contribution in [1.29, 1.82) is 0 Å². The lowest BCUT2D eigenvalue weighted by Crippen LogP contribution is -1.90. The Morgan fingerprint density at radius 2 is 1.62 bits per heavy atom. The van der Waals surface area contributed by atoms with E-state index in [2.05, 4.69) is 0 Å². The summed E-state index contributed by atoms with van der Waals surface area (Å²) in [5.41, 5.74) is 1.01. The van der Waals surface area contributed by atoms with E-state index in [4.69, 9.17) is 23.2 Å². The monoisotopic (exact) mass is 211 g/mol. The lowest BCUT2D eigenvalue weighted by Gasteiger charge is -2.03. The number of para-hydroxylation sites is 1. The highest BCUT2D eigenvalue weighted by molar-refractivity contribution is 6.41. The van der Waals surface area contributed by atoms with E-state index in [0.29, 0.717) is 10.2 Å². The molecule has 2 rings (SSSR count). The van der Waals surface area contributed by atoms with Crippen molar-refractivity contribution >= 4 is 23.2 Å². The van der Waals surface area contributed by atoms with Gasteiger partial charge in [0.25, 0.3) is 0 Å². The van der Waals surface area contributed by atoms with Gasteiger partial charge in [-0.15, -0.1) is 0 Å². The van der Waals surface area contributed by atoms with Crippen molar-refractivity contribution in [2.24, 2.45) is 0 Å². The van der Waals surface area contributed by atoms with Gasteiger partial charge in [-0.25, -0.2) is 0 Å². The zero-order valence-electron chi connectivity index (χ0n) is 6.74. The predicted molar refractivity (Wildman–Crippen MR) is 55.8 cm³/mol. The fourth-order valence-electron chi connectivity index (χ4n) is 1.18. The molecule has 0 radical (unpaired) electrons. The highest BCUT2D eigenvalue weighted by Gasteiger charge is 2.04. The van der Waals surface area contributed by atoms with Crippen LogP contribution in [0.1, 0.15) is 0 Å². The number of hydrogen-bond acceptors (Lipinski definition) is 0. The normalized spacial score (nSPS) is 10.3. The van der Waals surface area contributed by atoms with Gasteiger partial charge in [0.05, 0.1) is 5.02 Å². The summed E-state index contributed by atoms with van der Waals surface area (Å²) in [6.07, 6.45) is 1.85. The summed E-state index contributed by atoms with van der Waals surface area (Å²) in [7, 11) is 0.